The molecule has 0 aliphatic carbocycles. The zero-order chi connectivity index (χ0) is 18.6. The van der Waals surface area contributed by atoms with E-state index in [1.807, 2.05) is 24.3 Å². The summed E-state index contributed by atoms with van der Waals surface area (Å²) in [4.78, 5) is 14.3. The van der Waals surface area contributed by atoms with Crippen LogP contribution in [-0.4, -0.2) is 32.2 Å². The predicted octanol–water partition coefficient (Wildman–Crippen LogP) is 3.47. The van der Waals surface area contributed by atoms with Crippen molar-refractivity contribution < 1.29 is 22.7 Å². The van der Waals surface area contributed by atoms with Gasteiger partial charge >= 0.3 is 6.18 Å². The summed E-state index contributed by atoms with van der Waals surface area (Å²) in [6.45, 7) is 3.44. The molecule has 0 radical (unpaired) electrons. The summed E-state index contributed by atoms with van der Waals surface area (Å²) in [5, 5.41) is 2.72. The number of carbonyl (C=O) groups excluding carboxylic acids is 1. The van der Waals surface area contributed by atoms with Gasteiger partial charge in [-0.15, -0.1) is 0 Å². The van der Waals surface area contributed by atoms with E-state index < -0.39 is 17.6 Å². The molecule has 2 aromatic rings. The summed E-state index contributed by atoms with van der Waals surface area (Å²) in [5.74, 6) is -0.406. The van der Waals surface area contributed by atoms with Crippen molar-refractivity contribution >= 4 is 11.6 Å². The fraction of sp³-hybridized carbons (Fsp3) is 0.316. The molecular weight excluding hydrogens is 345 g/mol. The van der Waals surface area contributed by atoms with Gasteiger partial charge in [0.05, 0.1) is 18.8 Å². The molecule has 0 unspecified atom stereocenters. The van der Waals surface area contributed by atoms with Crippen molar-refractivity contribution in [3.05, 3.63) is 65.2 Å². The molecule has 26 heavy (non-hydrogen) atoms. The van der Waals surface area contributed by atoms with Crippen molar-refractivity contribution in [1.82, 2.24) is 5.32 Å². The molecule has 0 saturated carbocycles. The van der Waals surface area contributed by atoms with E-state index in [1.165, 1.54) is 12.1 Å². The molecule has 1 fully saturated rings. The highest BCUT2D eigenvalue weighted by Crippen LogP contribution is 2.29. The smallest absolute Gasteiger partial charge is 0.378 e. The number of nitrogens with zero attached hydrogens (tertiary/aromatic N) is 1. The monoisotopic (exact) mass is 364 g/mol. The Hall–Kier alpha value is -2.54. The summed E-state index contributed by atoms with van der Waals surface area (Å²) in [6, 6.07) is 12.0. The molecule has 0 bridgehead atoms. The highest BCUT2D eigenvalue weighted by molar-refractivity contribution is 5.94. The molecule has 1 saturated heterocycles. The first-order valence-electron chi connectivity index (χ1n) is 8.30. The Balaban J connectivity index is 1.55. The number of hydrogen-bond donors (Lipinski definition) is 1. The van der Waals surface area contributed by atoms with E-state index in [4.69, 9.17) is 4.74 Å². The van der Waals surface area contributed by atoms with Crippen molar-refractivity contribution in [2.45, 2.75) is 12.7 Å². The van der Waals surface area contributed by atoms with E-state index in [1.54, 1.807) is 0 Å². The highest BCUT2D eigenvalue weighted by Gasteiger charge is 2.30. The summed E-state index contributed by atoms with van der Waals surface area (Å²) in [6.07, 6.45) is -4.41. The Morgan fingerprint density at radius 1 is 1.00 bits per heavy atom. The van der Waals surface area contributed by atoms with Crippen LogP contribution in [0, 0.1) is 0 Å². The first-order chi connectivity index (χ1) is 12.4. The van der Waals surface area contributed by atoms with Gasteiger partial charge in [-0.3, -0.25) is 4.79 Å². The topological polar surface area (TPSA) is 41.6 Å². The van der Waals surface area contributed by atoms with Crippen LogP contribution in [-0.2, 0) is 17.5 Å². The minimum Gasteiger partial charge on any atom is -0.378 e. The Morgan fingerprint density at radius 3 is 2.19 bits per heavy atom. The first-order valence-corrected chi connectivity index (χ1v) is 8.30. The number of rotatable bonds is 4. The minimum atomic E-state index is -4.41. The van der Waals surface area contributed by atoms with Crippen LogP contribution in [0.4, 0.5) is 18.9 Å². The largest absolute Gasteiger partial charge is 0.416 e. The lowest BCUT2D eigenvalue weighted by Gasteiger charge is -2.28. The fourth-order valence-corrected chi connectivity index (χ4v) is 2.74. The summed E-state index contributed by atoms with van der Waals surface area (Å²) < 4.78 is 43.0. The van der Waals surface area contributed by atoms with Crippen molar-refractivity contribution in [3.63, 3.8) is 0 Å². The molecule has 1 heterocycles. The highest BCUT2D eigenvalue weighted by atomic mass is 19.4. The lowest BCUT2D eigenvalue weighted by Crippen LogP contribution is -2.36. The van der Waals surface area contributed by atoms with Crippen molar-refractivity contribution in [3.8, 4) is 0 Å². The molecule has 1 aliphatic rings. The maximum Gasteiger partial charge on any atom is 0.416 e. The number of halogens is 3. The van der Waals surface area contributed by atoms with Crippen molar-refractivity contribution in [2.24, 2.45) is 0 Å². The Kier molecular flexibility index (Phi) is 5.46. The normalized spacial score (nSPS) is 15.0. The summed E-state index contributed by atoms with van der Waals surface area (Å²) in [7, 11) is 0. The molecule has 7 heteroatoms. The van der Waals surface area contributed by atoms with Gasteiger partial charge < -0.3 is 15.0 Å². The summed E-state index contributed by atoms with van der Waals surface area (Å²) >= 11 is 0. The second-order valence-electron chi connectivity index (χ2n) is 6.02. The number of alkyl halides is 3. The van der Waals surface area contributed by atoms with Gasteiger partial charge in [0.15, 0.2) is 0 Å². The van der Waals surface area contributed by atoms with E-state index in [9.17, 15) is 18.0 Å². The molecule has 0 atom stereocenters. The summed E-state index contributed by atoms with van der Waals surface area (Å²) in [5.41, 5.74) is 1.45. The third kappa shape index (κ3) is 4.54. The lowest BCUT2D eigenvalue weighted by atomic mass is 10.1. The number of anilines is 1. The van der Waals surface area contributed by atoms with Gasteiger partial charge in [-0.25, -0.2) is 0 Å². The van der Waals surface area contributed by atoms with Gasteiger partial charge in [0.2, 0.25) is 0 Å². The average molecular weight is 364 g/mol. The maximum absolute atomic E-state index is 12.5. The molecule has 4 nitrogen and oxygen atoms in total. The SMILES string of the molecule is O=C(NCc1ccc(N2CCOCC2)cc1)c1ccc(C(F)(F)F)cc1. The molecule has 1 amide bonds. The molecule has 1 aliphatic heterocycles. The molecular formula is C19H19F3N2O2. The van der Waals surface area contributed by atoms with Gasteiger partial charge in [-0.05, 0) is 42.0 Å². The van der Waals surface area contributed by atoms with Crippen LogP contribution in [0.1, 0.15) is 21.5 Å². The molecule has 1 N–H and O–H groups in total. The third-order valence-corrected chi connectivity index (χ3v) is 4.24. The lowest BCUT2D eigenvalue weighted by molar-refractivity contribution is -0.137. The number of ether oxygens (including phenoxy) is 1. The first kappa shape index (κ1) is 18.3. The van der Waals surface area contributed by atoms with E-state index >= 15 is 0 Å². The van der Waals surface area contributed by atoms with Gasteiger partial charge in [-0.2, -0.15) is 13.2 Å². The van der Waals surface area contributed by atoms with Crippen LogP contribution < -0.4 is 10.2 Å². The number of benzene rings is 2. The van der Waals surface area contributed by atoms with Crippen LogP contribution >= 0.6 is 0 Å². The maximum atomic E-state index is 12.5. The Morgan fingerprint density at radius 2 is 1.62 bits per heavy atom. The van der Waals surface area contributed by atoms with E-state index in [2.05, 4.69) is 10.2 Å². The Bertz CT molecular complexity index is 737. The quantitative estimate of drug-likeness (QED) is 0.903. The van der Waals surface area contributed by atoms with Crippen LogP contribution in [0.15, 0.2) is 48.5 Å². The predicted molar refractivity (Wildman–Crippen MR) is 92.1 cm³/mol. The number of amides is 1. The number of nitrogens with one attached hydrogen (secondary N) is 1. The van der Waals surface area contributed by atoms with Crippen LogP contribution in [0.5, 0.6) is 0 Å². The number of morpholine rings is 1. The van der Waals surface area contributed by atoms with Gasteiger partial charge in [0.1, 0.15) is 0 Å². The third-order valence-electron chi connectivity index (χ3n) is 4.24. The molecule has 0 spiro atoms. The van der Waals surface area contributed by atoms with Gasteiger partial charge in [0, 0.05) is 30.9 Å². The van der Waals surface area contributed by atoms with E-state index in [-0.39, 0.29) is 5.56 Å². The van der Waals surface area contributed by atoms with E-state index in [0.717, 1.165) is 36.5 Å². The van der Waals surface area contributed by atoms with E-state index in [0.29, 0.717) is 19.8 Å². The zero-order valence-electron chi connectivity index (χ0n) is 14.1. The van der Waals surface area contributed by atoms with Crippen molar-refractivity contribution in [2.75, 3.05) is 31.2 Å². The Labute approximate surface area is 149 Å². The number of carbonyl (C=O) groups is 1. The molecule has 2 aromatic carbocycles. The average Bonchev–Trinajstić information content (AvgIpc) is 2.66. The zero-order valence-corrected chi connectivity index (χ0v) is 14.1. The minimum absolute atomic E-state index is 0.197. The second-order valence-corrected chi connectivity index (χ2v) is 6.02. The molecule has 0 aromatic heterocycles. The second kappa shape index (κ2) is 7.78. The van der Waals surface area contributed by atoms with Crippen molar-refractivity contribution in [1.29, 1.82) is 0 Å². The molecule has 138 valence electrons. The number of hydrogen-bond acceptors (Lipinski definition) is 3. The van der Waals surface area contributed by atoms with Gasteiger partial charge in [-0.1, -0.05) is 12.1 Å². The van der Waals surface area contributed by atoms with Gasteiger partial charge in [0.25, 0.3) is 5.91 Å². The van der Waals surface area contributed by atoms with Crippen LogP contribution in [0.25, 0.3) is 0 Å². The standard InChI is InChI=1S/C19H19F3N2O2/c20-19(21,22)16-5-3-15(4-6-16)18(25)23-13-14-1-7-17(8-2-14)24-9-11-26-12-10-24/h1-8H,9-13H2,(H,23,25). The molecule has 3 rings (SSSR count). The van der Waals surface area contributed by atoms with Crippen LogP contribution in [0.2, 0.25) is 0 Å². The fourth-order valence-electron chi connectivity index (χ4n) is 2.74. The van der Waals surface area contributed by atoms with Crippen LogP contribution in [0.3, 0.4) is 0 Å².